The lowest BCUT2D eigenvalue weighted by Gasteiger charge is -2.77. The minimum absolute atomic E-state index is 0.00448. The van der Waals surface area contributed by atoms with E-state index >= 15 is 53.4 Å². The van der Waals surface area contributed by atoms with E-state index in [9.17, 15) is 0 Å². The fourth-order valence-electron chi connectivity index (χ4n) is 23.9. The molecule has 0 bridgehead atoms. The summed E-state index contributed by atoms with van der Waals surface area (Å²) in [6, 6.07) is 135. The molecule has 11 nitrogen and oxygen atoms in total. The third-order valence-corrected chi connectivity index (χ3v) is 28.5. The van der Waals surface area contributed by atoms with Crippen molar-refractivity contribution in [1.29, 1.82) is 0 Å². The van der Waals surface area contributed by atoms with Gasteiger partial charge in [-0.3, -0.25) is 43.2 Å². The normalized spacial score (nSPS) is 17.0. The summed E-state index contributed by atoms with van der Waals surface area (Å²) in [5, 5.41) is 34.1. The highest BCUT2D eigenvalue weighted by Gasteiger charge is 2.90. The van der Waals surface area contributed by atoms with Gasteiger partial charge in [-0.1, -0.05) is 527 Å². The SMILES string of the molecule is CC(C)(C)C1=C(C(C(=O)c2ccccc2)c2ccccc2)C(C(C(=O)c2ccccc2)c2ccccc2)(C(C(C(=O)c2ccccc2)c2ccccc2)(C(C(=O)c2ccccc2)c2ccccc2)C(C(=O)O)(C(C(=O)c2ccccc2)c2ccccc2)C(C(=O)c2ccccc2)c2ccccc2)C(C(C(=O)c2ccccc2)c2ccccc2)(C(C(=O)c2ccccc2)c2ccccc2)C(C(C)(C)C)=C1O. The summed E-state index contributed by atoms with van der Waals surface area (Å²) in [4.78, 5) is 185. The minimum atomic E-state index is -4.03. The zero-order valence-corrected chi connectivity index (χ0v) is 78.9. The van der Waals surface area contributed by atoms with E-state index in [4.69, 9.17) is 0 Å². The monoisotopic (exact) mass is 1830 g/mol. The summed E-state index contributed by atoms with van der Waals surface area (Å²) in [7, 11) is 0. The highest BCUT2D eigenvalue weighted by molar-refractivity contribution is 6.16. The molecule has 17 rings (SSSR count). The molecule has 0 saturated carbocycles. The highest BCUT2D eigenvalue weighted by Crippen LogP contribution is 2.90. The molecule has 0 fully saturated rings. The van der Waals surface area contributed by atoms with Crippen molar-refractivity contribution in [2.45, 2.75) is 88.9 Å². The first-order chi connectivity index (χ1) is 68.0. The van der Waals surface area contributed by atoms with Gasteiger partial charge in [0, 0.05) is 66.3 Å². The van der Waals surface area contributed by atoms with E-state index in [0.717, 1.165) is 0 Å². The van der Waals surface area contributed by atoms with Crippen LogP contribution in [0.3, 0.4) is 0 Å². The fraction of sp³-hybridized carbons (Fsp3) is 0.155. The Morgan fingerprint density at radius 2 is 0.414 bits per heavy atom. The quantitative estimate of drug-likeness (QED) is 0.0359. The zero-order chi connectivity index (χ0) is 97.9. The summed E-state index contributed by atoms with van der Waals surface area (Å²) in [5.74, 6) is -30.3. The van der Waals surface area contributed by atoms with E-state index < -0.39 is 138 Å². The smallest absolute Gasteiger partial charge is 0.312 e. The molecular weight excluding hydrogens is 1730 g/mol. The van der Waals surface area contributed by atoms with Crippen LogP contribution in [0.5, 0.6) is 0 Å². The van der Waals surface area contributed by atoms with Gasteiger partial charge < -0.3 is 10.2 Å². The first-order valence-electron chi connectivity index (χ1n) is 47.5. The lowest BCUT2D eigenvalue weighted by Crippen LogP contribution is -2.79. The van der Waals surface area contributed by atoms with Crippen molar-refractivity contribution in [3.05, 3.63) is 597 Å². The maximum absolute atomic E-state index is 21.2. The number of carboxylic acids is 1. The van der Waals surface area contributed by atoms with Gasteiger partial charge in [-0.25, -0.2) is 0 Å². The molecule has 690 valence electrons. The highest BCUT2D eigenvalue weighted by atomic mass is 16.4. The topological polar surface area (TPSA) is 194 Å². The van der Waals surface area contributed by atoms with Crippen molar-refractivity contribution in [1.82, 2.24) is 0 Å². The molecule has 9 unspecified atom stereocenters. The molecule has 2 N–H and O–H groups in total. The number of aliphatic hydroxyl groups is 1. The van der Waals surface area contributed by atoms with Crippen LogP contribution in [-0.4, -0.2) is 62.4 Å². The maximum atomic E-state index is 21.2. The van der Waals surface area contributed by atoms with Gasteiger partial charge in [0.2, 0.25) is 0 Å². The second kappa shape index (κ2) is 40.9. The average molecular weight is 1830 g/mol. The molecule has 0 amide bonds. The van der Waals surface area contributed by atoms with Crippen molar-refractivity contribution < 1.29 is 53.4 Å². The van der Waals surface area contributed by atoms with Gasteiger partial charge in [0.25, 0.3) is 0 Å². The first kappa shape index (κ1) is 95.4. The third kappa shape index (κ3) is 17.0. The Hall–Kier alpha value is -16.4. The van der Waals surface area contributed by atoms with Gasteiger partial charge in [-0.05, 0) is 66.5 Å². The lowest BCUT2D eigenvalue weighted by atomic mass is 9.21. The second-order valence-corrected chi connectivity index (χ2v) is 38.3. The largest absolute Gasteiger partial charge is 0.508 e. The Labute approximate surface area is 818 Å². The van der Waals surface area contributed by atoms with Crippen LogP contribution in [0.15, 0.2) is 508 Å². The molecular formula is C129H108O11. The van der Waals surface area contributed by atoms with Gasteiger partial charge in [-0.2, -0.15) is 0 Å². The van der Waals surface area contributed by atoms with Crippen LogP contribution in [0.1, 0.15) is 216 Å². The number of benzene rings is 16. The second-order valence-electron chi connectivity index (χ2n) is 38.3. The van der Waals surface area contributed by atoms with Crippen molar-refractivity contribution >= 4 is 52.2 Å². The number of carbonyl (C=O) groups is 9. The number of aliphatic carboxylic acids is 1. The number of carboxylic acid groups (broad SMARTS) is 1. The summed E-state index contributed by atoms with van der Waals surface area (Å²) in [6.07, 6.45) is 0. The number of carbonyl (C=O) groups excluding carboxylic acids is 8. The summed E-state index contributed by atoms with van der Waals surface area (Å²) in [5.41, 5.74) is -21.0. The lowest BCUT2D eigenvalue weighted by molar-refractivity contribution is -0.203. The predicted molar refractivity (Wildman–Crippen MR) is 553 cm³/mol. The van der Waals surface area contributed by atoms with Crippen molar-refractivity contribution in [2.75, 3.05) is 0 Å². The third-order valence-electron chi connectivity index (χ3n) is 28.5. The molecule has 140 heavy (non-hydrogen) atoms. The molecule has 0 aliphatic heterocycles. The van der Waals surface area contributed by atoms with Crippen LogP contribution in [0.25, 0.3) is 0 Å². The van der Waals surface area contributed by atoms with Gasteiger partial charge in [-0.15, -0.1) is 0 Å². The molecule has 16 aromatic carbocycles. The van der Waals surface area contributed by atoms with Crippen LogP contribution in [0, 0.1) is 32.5 Å². The van der Waals surface area contributed by atoms with Crippen molar-refractivity contribution in [3.63, 3.8) is 0 Å². The van der Waals surface area contributed by atoms with Gasteiger partial charge in [0.05, 0.1) is 47.3 Å². The molecule has 0 heterocycles. The zero-order valence-electron chi connectivity index (χ0n) is 78.9. The Morgan fingerprint density at radius 1 is 0.221 bits per heavy atom. The van der Waals surface area contributed by atoms with Gasteiger partial charge in [0.15, 0.2) is 46.3 Å². The van der Waals surface area contributed by atoms with E-state index in [1.165, 1.54) is 0 Å². The Kier molecular flexibility index (Phi) is 27.9. The summed E-state index contributed by atoms with van der Waals surface area (Å²) in [6.45, 7) is 11.0. The number of aliphatic hydroxyl groups excluding tert-OH is 1. The number of ketones is 8. The maximum Gasteiger partial charge on any atom is 0.312 e. The predicted octanol–water partition coefficient (Wildman–Crippen LogP) is 28.6. The van der Waals surface area contributed by atoms with Crippen LogP contribution < -0.4 is 0 Å². The molecule has 0 saturated heterocycles. The van der Waals surface area contributed by atoms with Gasteiger partial charge in [0.1, 0.15) is 11.2 Å². The minimum Gasteiger partial charge on any atom is -0.508 e. The van der Waals surface area contributed by atoms with Crippen LogP contribution in [0.4, 0.5) is 0 Å². The summed E-state index contributed by atoms with van der Waals surface area (Å²) >= 11 is 0. The molecule has 11 heteroatoms. The molecule has 0 spiro atoms. The molecule has 0 aromatic heterocycles. The van der Waals surface area contributed by atoms with Crippen LogP contribution in [-0.2, 0) is 4.79 Å². The van der Waals surface area contributed by atoms with E-state index in [-0.39, 0.29) is 106 Å². The first-order valence-corrected chi connectivity index (χ1v) is 47.5. The van der Waals surface area contributed by atoms with Gasteiger partial charge >= 0.3 is 5.97 Å². The molecule has 16 aromatic rings. The number of hydrogen-bond acceptors (Lipinski definition) is 10. The molecule has 1 aliphatic rings. The number of allylic oxidation sites excluding steroid dienone is 3. The Balaban J connectivity index is 1.46. The Bertz CT molecular complexity index is 6880. The average Bonchev–Trinajstić information content (AvgIpc) is 0.614. The molecule has 0 radical (unpaired) electrons. The van der Waals surface area contributed by atoms with E-state index in [1.54, 1.807) is 485 Å². The van der Waals surface area contributed by atoms with Crippen LogP contribution >= 0.6 is 0 Å². The van der Waals surface area contributed by atoms with Crippen molar-refractivity contribution in [3.8, 4) is 0 Å². The van der Waals surface area contributed by atoms with Crippen LogP contribution in [0.2, 0.25) is 0 Å². The van der Waals surface area contributed by atoms with E-state index in [2.05, 4.69) is 0 Å². The summed E-state index contributed by atoms with van der Waals surface area (Å²) < 4.78 is 0. The number of Topliss-reactive ketones (excluding diaryl/α,β-unsaturated/α-hetero) is 8. The number of rotatable bonds is 35. The molecule has 1 aliphatic carbocycles. The van der Waals surface area contributed by atoms with E-state index in [1.807, 2.05) is 41.5 Å². The number of hydrogen-bond donors (Lipinski definition) is 2. The van der Waals surface area contributed by atoms with Crippen molar-refractivity contribution in [2.24, 2.45) is 32.5 Å². The molecule has 9 atom stereocenters. The standard InChI is InChI=1S/C129H108O11/c1-124(2,3)112-111(103(87-55-23-7-24-56-87)113(130)95-71-39-15-40-72-95)129(110(94-69-37-14-38-70-94)120(137)102-85-53-22-54-86-102,126(122(121(112)138)125(4,5)6,104(88-57-25-8-26-58-88)114(131)96-73-41-16-42-74-96)105(89-59-27-9-28-60-89)115(132)97-75-43-17-44-76-97)128(108(92-65-33-12-34-66-92)118(135)100-81-49-20-50-82-100,109(93-67-35-13-36-68-93)119(136)101-83-51-21-52-84-101)127(123(139)140,106(90-61-29-10-30-62-90)116(133)98-77-45-18-46-78-98)107(91-63-31-11-32-64-91)117(134)99-79-47-19-48-80-99/h7-86,103-110,138H,1-6H3,(H,139,140). The Morgan fingerprint density at radius 3 is 0.650 bits per heavy atom. The fourth-order valence-corrected chi connectivity index (χ4v) is 23.9. The van der Waals surface area contributed by atoms with E-state index in [0.29, 0.717) is 0 Å².